The molecule has 0 saturated carbocycles. The van der Waals surface area contributed by atoms with Crippen LogP contribution >= 0.6 is 11.6 Å². The molecule has 0 heterocycles. The highest BCUT2D eigenvalue weighted by molar-refractivity contribution is 7.90. The average molecular weight is 361 g/mol. The van der Waals surface area contributed by atoms with Gasteiger partial charge in [-0.3, -0.25) is 0 Å². The summed E-state index contributed by atoms with van der Waals surface area (Å²) in [5.41, 5.74) is -2.03. The van der Waals surface area contributed by atoms with E-state index in [9.17, 15) is 26.4 Å². The van der Waals surface area contributed by atoms with Crippen molar-refractivity contribution in [2.75, 3.05) is 20.0 Å². The average Bonchev–Trinajstić information content (AvgIpc) is 2.41. The van der Waals surface area contributed by atoms with Crippen LogP contribution in [0.5, 0.6) is 0 Å². The van der Waals surface area contributed by atoms with E-state index in [2.05, 4.69) is 9.47 Å². The lowest BCUT2D eigenvalue weighted by atomic mass is 10.1. The van der Waals surface area contributed by atoms with Crippen LogP contribution in [0, 0.1) is 0 Å². The molecule has 0 aliphatic heterocycles. The minimum Gasteiger partial charge on any atom is -0.465 e. The lowest BCUT2D eigenvalue weighted by Gasteiger charge is -2.16. The Morgan fingerprint density at radius 3 is 2.41 bits per heavy atom. The Hall–Kier alpha value is -1.32. The van der Waals surface area contributed by atoms with E-state index in [4.69, 9.17) is 11.6 Å². The number of alkyl halides is 4. The molecule has 0 aliphatic carbocycles. The summed E-state index contributed by atoms with van der Waals surface area (Å²) in [4.78, 5) is 11.1. The first-order valence-corrected chi connectivity index (χ1v) is 8.03. The van der Waals surface area contributed by atoms with E-state index in [0.717, 1.165) is 25.5 Å². The molecule has 0 saturated heterocycles. The summed E-state index contributed by atoms with van der Waals surface area (Å²) in [6.07, 6.45) is -3.77. The zero-order valence-corrected chi connectivity index (χ0v) is 13.1. The molecule has 0 amide bonds. The Bertz CT molecular complexity index is 657. The molecule has 0 N–H and O–H groups in total. The second-order valence-electron chi connectivity index (χ2n) is 4.26. The number of carbonyl (C=O) groups is 1. The maximum Gasteiger partial charge on any atom is 0.411 e. The van der Waals surface area contributed by atoms with Gasteiger partial charge in [0, 0.05) is 11.8 Å². The molecule has 1 aromatic rings. The predicted molar refractivity (Wildman–Crippen MR) is 71.5 cm³/mol. The van der Waals surface area contributed by atoms with Crippen LogP contribution in [0.2, 0.25) is 0 Å². The number of methoxy groups -OCH3 is 1. The molecule has 0 bridgehead atoms. The summed E-state index contributed by atoms with van der Waals surface area (Å²) >= 11 is 5.70. The molecule has 0 aromatic heterocycles. The van der Waals surface area contributed by atoms with Gasteiger partial charge in [0.1, 0.15) is 6.61 Å². The third kappa shape index (κ3) is 5.15. The smallest absolute Gasteiger partial charge is 0.411 e. The van der Waals surface area contributed by atoms with Gasteiger partial charge in [0.25, 0.3) is 0 Å². The summed E-state index contributed by atoms with van der Waals surface area (Å²) in [6, 6.07) is 3.25. The van der Waals surface area contributed by atoms with E-state index in [1.54, 1.807) is 0 Å². The minimum absolute atomic E-state index is 0.0637. The van der Waals surface area contributed by atoms with Crippen LogP contribution in [0.15, 0.2) is 23.1 Å². The van der Waals surface area contributed by atoms with Crippen molar-refractivity contribution in [3.8, 4) is 0 Å². The Morgan fingerprint density at radius 2 is 1.95 bits per heavy atom. The molecule has 1 rings (SSSR count). The first-order valence-electron chi connectivity index (χ1n) is 5.70. The van der Waals surface area contributed by atoms with Gasteiger partial charge in [-0.25, -0.2) is 13.2 Å². The Balaban J connectivity index is 3.25. The van der Waals surface area contributed by atoms with Gasteiger partial charge in [0.15, 0.2) is 15.4 Å². The maximum absolute atomic E-state index is 12.2. The largest absolute Gasteiger partial charge is 0.465 e. The molecule has 0 fully saturated rings. The van der Waals surface area contributed by atoms with E-state index >= 15 is 0 Å². The molecule has 124 valence electrons. The highest BCUT2D eigenvalue weighted by Gasteiger charge is 2.30. The fraction of sp³-hybridized carbons (Fsp3) is 0.417. The van der Waals surface area contributed by atoms with Crippen molar-refractivity contribution in [1.29, 1.82) is 0 Å². The standard InChI is InChI=1S/C12H12ClF3O5S/c1-20-11(17)7-3-4-9(22(2,18)19)8(5-7)10(13)21-6-12(14,15)16/h3-5,10H,6H2,1-2H3. The molecule has 22 heavy (non-hydrogen) atoms. The van der Waals surface area contributed by atoms with E-state index in [0.29, 0.717) is 0 Å². The zero-order chi connectivity index (χ0) is 17.1. The molecular formula is C12H12ClF3O5S. The van der Waals surface area contributed by atoms with Crippen LogP contribution in [0.1, 0.15) is 21.5 Å². The summed E-state index contributed by atoms with van der Waals surface area (Å²) in [5.74, 6) is -0.791. The van der Waals surface area contributed by atoms with Gasteiger partial charge in [0.05, 0.1) is 17.6 Å². The first-order chi connectivity index (χ1) is 9.95. The number of benzene rings is 1. The van der Waals surface area contributed by atoms with Crippen molar-refractivity contribution in [3.05, 3.63) is 29.3 Å². The van der Waals surface area contributed by atoms with Crippen molar-refractivity contribution in [2.45, 2.75) is 16.6 Å². The number of esters is 1. The second-order valence-corrected chi connectivity index (χ2v) is 6.64. The predicted octanol–water partition coefficient (Wildman–Crippen LogP) is 2.69. The maximum atomic E-state index is 12.2. The van der Waals surface area contributed by atoms with Crippen LogP contribution in [0.4, 0.5) is 13.2 Å². The highest BCUT2D eigenvalue weighted by atomic mass is 35.5. The monoisotopic (exact) mass is 360 g/mol. The highest BCUT2D eigenvalue weighted by Crippen LogP contribution is 2.31. The van der Waals surface area contributed by atoms with E-state index in [1.807, 2.05) is 0 Å². The van der Waals surface area contributed by atoms with Gasteiger partial charge in [-0.2, -0.15) is 13.2 Å². The topological polar surface area (TPSA) is 69.7 Å². The first kappa shape index (κ1) is 18.7. The molecule has 1 aromatic carbocycles. The van der Waals surface area contributed by atoms with Crippen molar-refractivity contribution < 1.29 is 35.9 Å². The van der Waals surface area contributed by atoms with Crippen molar-refractivity contribution in [3.63, 3.8) is 0 Å². The molecule has 0 spiro atoms. The van der Waals surface area contributed by atoms with Crippen LogP contribution < -0.4 is 0 Å². The van der Waals surface area contributed by atoms with Crippen molar-refractivity contribution >= 4 is 27.4 Å². The Kier molecular flexibility index (Phi) is 5.82. The SMILES string of the molecule is COC(=O)c1ccc(S(C)(=O)=O)c(C(Cl)OCC(F)(F)F)c1. The third-order valence-corrected chi connectivity index (χ3v) is 4.00. The number of rotatable bonds is 5. The van der Waals surface area contributed by atoms with Gasteiger partial charge in [-0.15, -0.1) is 0 Å². The number of hydrogen-bond donors (Lipinski definition) is 0. The Morgan fingerprint density at radius 1 is 1.36 bits per heavy atom. The van der Waals surface area contributed by atoms with Gasteiger partial charge in [-0.05, 0) is 18.2 Å². The molecular weight excluding hydrogens is 349 g/mol. The fourth-order valence-electron chi connectivity index (χ4n) is 1.57. The summed E-state index contributed by atoms with van der Waals surface area (Å²) in [5, 5.41) is 0. The number of carbonyl (C=O) groups excluding carboxylic acids is 1. The van der Waals surface area contributed by atoms with Crippen molar-refractivity contribution in [2.24, 2.45) is 0 Å². The number of hydrogen-bond acceptors (Lipinski definition) is 5. The van der Waals surface area contributed by atoms with Crippen molar-refractivity contribution in [1.82, 2.24) is 0 Å². The lowest BCUT2D eigenvalue weighted by Crippen LogP contribution is -2.19. The van der Waals surface area contributed by atoms with Gasteiger partial charge >= 0.3 is 12.1 Å². The molecule has 5 nitrogen and oxygen atoms in total. The fourth-order valence-corrected chi connectivity index (χ4v) is 2.78. The molecule has 1 atom stereocenters. The molecule has 1 unspecified atom stereocenters. The Labute approximate surface area is 129 Å². The second kappa shape index (κ2) is 6.84. The number of ether oxygens (including phenoxy) is 2. The van der Waals surface area contributed by atoms with E-state index < -0.39 is 34.2 Å². The van der Waals surface area contributed by atoms with E-state index in [1.165, 1.54) is 6.07 Å². The number of sulfone groups is 1. The van der Waals surface area contributed by atoms with Crippen LogP contribution in [-0.4, -0.2) is 40.5 Å². The zero-order valence-electron chi connectivity index (χ0n) is 11.5. The summed E-state index contributed by atoms with van der Waals surface area (Å²) in [7, 11) is -2.68. The quantitative estimate of drug-likeness (QED) is 0.596. The molecule has 10 heteroatoms. The third-order valence-electron chi connectivity index (χ3n) is 2.47. The van der Waals surface area contributed by atoms with Gasteiger partial charge < -0.3 is 9.47 Å². The molecule has 0 radical (unpaired) electrons. The van der Waals surface area contributed by atoms with E-state index in [-0.39, 0.29) is 16.0 Å². The number of halogens is 4. The summed E-state index contributed by atoms with van der Waals surface area (Å²) in [6.45, 7) is -1.66. The summed E-state index contributed by atoms with van der Waals surface area (Å²) < 4.78 is 68.7. The minimum atomic E-state index is -4.63. The lowest BCUT2D eigenvalue weighted by molar-refractivity contribution is -0.178. The normalized spacial score (nSPS) is 13.7. The van der Waals surface area contributed by atoms with Gasteiger partial charge in [-0.1, -0.05) is 11.6 Å². The molecule has 0 aliphatic rings. The van der Waals surface area contributed by atoms with Gasteiger partial charge in [0.2, 0.25) is 0 Å². The van der Waals surface area contributed by atoms with Crippen LogP contribution in [-0.2, 0) is 19.3 Å². The van der Waals surface area contributed by atoms with Crippen LogP contribution in [0.3, 0.4) is 0 Å². The van der Waals surface area contributed by atoms with Crippen LogP contribution in [0.25, 0.3) is 0 Å².